The van der Waals surface area contributed by atoms with E-state index in [1.807, 2.05) is 0 Å². The highest BCUT2D eigenvalue weighted by Crippen LogP contribution is 2.20. The third-order valence-electron chi connectivity index (χ3n) is 6.02. The van der Waals surface area contributed by atoms with Crippen molar-refractivity contribution in [1.29, 1.82) is 0 Å². The van der Waals surface area contributed by atoms with Crippen LogP contribution in [0.2, 0.25) is 0 Å². The van der Waals surface area contributed by atoms with Crippen molar-refractivity contribution in [2.45, 2.75) is 59.0 Å². The van der Waals surface area contributed by atoms with Gasteiger partial charge in [0.05, 0.1) is 10.7 Å². The van der Waals surface area contributed by atoms with Crippen molar-refractivity contribution in [2.24, 2.45) is 10.9 Å². The zero-order chi connectivity index (χ0) is 19.8. The molecule has 2 aliphatic rings. The molecule has 2 fully saturated rings. The van der Waals surface area contributed by atoms with Crippen molar-refractivity contribution < 1.29 is 0 Å². The van der Waals surface area contributed by atoms with Crippen LogP contribution in [0.5, 0.6) is 0 Å². The van der Waals surface area contributed by atoms with Crippen molar-refractivity contribution in [1.82, 2.24) is 25.4 Å². The SMILES string of the molecule is CCNC(=NCC1CCN(Cc2csc(C)n2)CC1)NCC1CCCN1CC. The number of piperidine rings is 1. The van der Waals surface area contributed by atoms with E-state index in [9.17, 15) is 0 Å². The first-order chi connectivity index (χ1) is 13.7. The number of hydrogen-bond acceptors (Lipinski definition) is 5. The zero-order valence-electron chi connectivity index (χ0n) is 17.9. The summed E-state index contributed by atoms with van der Waals surface area (Å²) in [6.45, 7) is 15.1. The summed E-state index contributed by atoms with van der Waals surface area (Å²) in [6, 6.07) is 0.659. The van der Waals surface area contributed by atoms with E-state index in [0.717, 1.165) is 51.8 Å². The van der Waals surface area contributed by atoms with Gasteiger partial charge in [-0.2, -0.15) is 0 Å². The Kier molecular flexibility index (Phi) is 8.55. The number of aliphatic imine (C=N–C) groups is 1. The molecule has 2 N–H and O–H groups in total. The van der Waals surface area contributed by atoms with Gasteiger partial charge in [0.2, 0.25) is 0 Å². The molecule has 0 aromatic carbocycles. The van der Waals surface area contributed by atoms with Gasteiger partial charge in [0.1, 0.15) is 0 Å². The second kappa shape index (κ2) is 11.1. The Morgan fingerprint density at radius 2 is 2.04 bits per heavy atom. The van der Waals surface area contributed by atoms with Gasteiger partial charge in [0.15, 0.2) is 5.96 Å². The van der Waals surface area contributed by atoms with Gasteiger partial charge in [-0.3, -0.25) is 14.8 Å². The number of rotatable bonds is 8. The molecule has 7 heteroatoms. The summed E-state index contributed by atoms with van der Waals surface area (Å²) in [6.07, 6.45) is 5.10. The van der Waals surface area contributed by atoms with Crippen LogP contribution in [0.4, 0.5) is 0 Å². The molecule has 0 aliphatic carbocycles. The summed E-state index contributed by atoms with van der Waals surface area (Å²) in [5.74, 6) is 1.69. The van der Waals surface area contributed by atoms with Gasteiger partial charge in [-0.1, -0.05) is 6.92 Å². The first kappa shape index (κ1) is 21.5. The van der Waals surface area contributed by atoms with Gasteiger partial charge >= 0.3 is 0 Å². The molecule has 6 nitrogen and oxygen atoms in total. The van der Waals surface area contributed by atoms with E-state index in [-0.39, 0.29) is 0 Å². The average Bonchev–Trinajstić information content (AvgIpc) is 3.33. The summed E-state index contributed by atoms with van der Waals surface area (Å²) in [5, 5.41) is 10.4. The number of likely N-dealkylation sites (N-methyl/N-ethyl adjacent to an activating group) is 1. The molecule has 1 aromatic heterocycles. The topological polar surface area (TPSA) is 55.8 Å². The zero-order valence-corrected chi connectivity index (χ0v) is 18.7. The molecule has 0 spiro atoms. The quantitative estimate of drug-likeness (QED) is 0.514. The minimum Gasteiger partial charge on any atom is -0.357 e. The van der Waals surface area contributed by atoms with E-state index >= 15 is 0 Å². The fraction of sp³-hybridized carbons (Fsp3) is 0.810. The second-order valence-electron chi connectivity index (χ2n) is 8.10. The van der Waals surface area contributed by atoms with Gasteiger partial charge in [-0.15, -0.1) is 11.3 Å². The molecule has 3 heterocycles. The van der Waals surface area contributed by atoms with E-state index in [0.29, 0.717) is 12.0 Å². The predicted molar refractivity (Wildman–Crippen MR) is 119 cm³/mol. The van der Waals surface area contributed by atoms with Gasteiger partial charge in [0, 0.05) is 37.6 Å². The standard InChI is InChI=1S/C21H38N6S/c1-4-22-21(24-14-20-7-6-10-27(20)5-2)23-13-18-8-11-26(12-9-18)15-19-16-28-17(3)25-19/h16,18,20H,4-15H2,1-3H3,(H2,22,23,24). The van der Waals surface area contributed by atoms with Crippen molar-refractivity contribution in [3.63, 3.8) is 0 Å². The summed E-state index contributed by atoms with van der Waals surface area (Å²) in [4.78, 5) is 14.6. The molecular formula is C21H38N6S. The number of likely N-dealkylation sites (tertiary alicyclic amines) is 2. The number of aryl methyl sites for hydroxylation is 1. The molecule has 0 bridgehead atoms. The molecule has 2 saturated heterocycles. The maximum Gasteiger partial charge on any atom is 0.191 e. The summed E-state index contributed by atoms with van der Waals surface area (Å²) in [5.41, 5.74) is 1.23. The molecule has 3 rings (SSSR count). The van der Waals surface area contributed by atoms with E-state index in [4.69, 9.17) is 4.99 Å². The second-order valence-corrected chi connectivity index (χ2v) is 9.16. The third kappa shape index (κ3) is 6.42. The Hall–Kier alpha value is -1.18. The fourth-order valence-corrected chi connectivity index (χ4v) is 4.96. The lowest BCUT2D eigenvalue weighted by Gasteiger charge is -2.31. The number of nitrogens with zero attached hydrogens (tertiary/aromatic N) is 4. The Balaban J connectivity index is 1.40. The summed E-state index contributed by atoms with van der Waals surface area (Å²) < 4.78 is 0. The highest BCUT2D eigenvalue weighted by molar-refractivity contribution is 7.09. The van der Waals surface area contributed by atoms with Crippen LogP contribution in [-0.4, -0.2) is 72.6 Å². The minimum atomic E-state index is 0.659. The summed E-state index contributed by atoms with van der Waals surface area (Å²) >= 11 is 1.75. The van der Waals surface area contributed by atoms with Gasteiger partial charge < -0.3 is 10.6 Å². The molecule has 2 aliphatic heterocycles. The van der Waals surface area contributed by atoms with Crippen LogP contribution in [0.1, 0.15) is 50.2 Å². The highest BCUT2D eigenvalue weighted by Gasteiger charge is 2.23. The number of nitrogens with one attached hydrogen (secondary N) is 2. The van der Waals surface area contributed by atoms with E-state index < -0.39 is 0 Å². The van der Waals surface area contributed by atoms with Crippen LogP contribution in [0.3, 0.4) is 0 Å². The monoisotopic (exact) mass is 406 g/mol. The molecule has 158 valence electrons. The minimum absolute atomic E-state index is 0.659. The molecular weight excluding hydrogens is 368 g/mol. The lowest BCUT2D eigenvalue weighted by atomic mass is 9.97. The van der Waals surface area contributed by atoms with Crippen LogP contribution in [0, 0.1) is 12.8 Å². The number of thiazole rings is 1. The van der Waals surface area contributed by atoms with E-state index in [1.165, 1.54) is 42.9 Å². The predicted octanol–water partition coefficient (Wildman–Crippen LogP) is 2.70. The van der Waals surface area contributed by atoms with Gasteiger partial charge in [-0.05, 0) is 71.6 Å². The Morgan fingerprint density at radius 3 is 2.71 bits per heavy atom. The third-order valence-corrected chi connectivity index (χ3v) is 6.84. The molecule has 0 radical (unpaired) electrons. The lowest BCUT2D eigenvalue weighted by Crippen LogP contribution is -2.45. The number of hydrogen-bond donors (Lipinski definition) is 2. The molecule has 0 saturated carbocycles. The van der Waals surface area contributed by atoms with E-state index in [1.54, 1.807) is 11.3 Å². The molecule has 28 heavy (non-hydrogen) atoms. The highest BCUT2D eigenvalue weighted by atomic mass is 32.1. The van der Waals surface area contributed by atoms with E-state index in [2.05, 4.69) is 51.6 Å². The molecule has 1 unspecified atom stereocenters. The number of guanidine groups is 1. The largest absolute Gasteiger partial charge is 0.357 e. The van der Waals surface area contributed by atoms with Crippen LogP contribution in [-0.2, 0) is 6.54 Å². The maximum atomic E-state index is 4.91. The maximum absolute atomic E-state index is 4.91. The van der Waals surface area contributed by atoms with Crippen molar-refractivity contribution in [3.8, 4) is 0 Å². The summed E-state index contributed by atoms with van der Waals surface area (Å²) in [7, 11) is 0. The normalized spacial score (nSPS) is 22.7. The molecule has 1 atom stereocenters. The smallest absolute Gasteiger partial charge is 0.191 e. The van der Waals surface area contributed by atoms with Crippen LogP contribution >= 0.6 is 11.3 Å². The lowest BCUT2D eigenvalue weighted by molar-refractivity contribution is 0.179. The first-order valence-electron chi connectivity index (χ1n) is 11.1. The Morgan fingerprint density at radius 1 is 1.21 bits per heavy atom. The molecule has 0 amide bonds. The first-order valence-corrected chi connectivity index (χ1v) is 12.0. The average molecular weight is 407 g/mol. The fourth-order valence-electron chi connectivity index (χ4n) is 4.36. The van der Waals surface area contributed by atoms with Crippen molar-refractivity contribution in [2.75, 3.05) is 45.8 Å². The van der Waals surface area contributed by atoms with Crippen LogP contribution < -0.4 is 10.6 Å². The van der Waals surface area contributed by atoms with Gasteiger partial charge in [-0.25, -0.2) is 4.98 Å². The Labute approximate surface area is 174 Å². The van der Waals surface area contributed by atoms with Crippen LogP contribution in [0.15, 0.2) is 10.4 Å². The van der Waals surface area contributed by atoms with Gasteiger partial charge in [0.25, 0.3) is 0 Å². The molecule has 1 aromatic rings. The van der Waals surface area contributed by atoms with Crippen LogP contribution in [0.25, 0.3) is 0 Å². The Bertz CT molecular complexity index is 608. The van der Waals surface area contributed by atoms with Crippen molar-refractivity contribution >= 4 is 17.3 Å². The number of aromatic nitrogens is 1. The van der Waals surface area contributed by atoms with Crippen molar-refractivity contribution in [3.05, 3.63) is 16.1 Å².